The molecule has 1 amide bonds. The molecule has 2 atom stereocenters. The Morgan fingerprint density at radius 1 is 1.33 bits per heavy atom. The third-order valence-corrected chi connectivity index (χ3v) is 4.78. The van der Waals surface area contributed by atoms with Crippen molar-refractivity contribution in [1.82, 2.24) is 10.3 Å². The van der Waals surface area contributed by atoms with Crippen molar-refractivity contribution >= 4 is 17.7 Å². The van der Waals surface area contributed by atoms with E-state index in [1.807, 2.05) is 20.8 Å². The summed E-state index contributed by atoms with van der Waals surface area (Å²) in [6.07, 6.45) is 1.65. The van der Waals surface area contributed by atoms with E-state index < -0.39 is 17.5 Å². The van der Waals surface area contributed by atoms with Crippen LogP contribution in [0.3, 0.4) is 0 Å². The minimum Gasteiger partial charge on any atom is -0.493 e. The summed E-state index contributed by atoms with van der Waals surface area (Å²) in [6.45, 7) is 6.90. The molecule has 0 spiro atoms. The highest BCUT2D eigenvalue weighted by Crippen LogP contribution is 2.25. The van der Waals surface area contributed by atoms with E-state index in [9.17, 15) is 9.18 Å². The average molecular weight is 437 g/mol. The van der Waals surface area contributed by atoms with E-state index in [0.717, 1.165) is 0 Å². The van der Waals surface area contributed by atoms with Gasteiger partial charge in [0.2, 0.25) is 0 Å². The summed E-state index contributed by atoms with van der Waals surface area (Å²) >= 11 is 5.75. The number of nitrogens with zero attached hydrogens (tertiary/aromatic N) is 1. The number of pyridine rings is 1. The molecule has 1 aromatic heterocycles. The van der Waals surface area contributed by atoms with Crippen LogP contribution in [0.25, 0.3) is 11.3 Å². The molecule has 2 aromatic rings. The first-order chi connectivity index (χ1) is 14.2. The van der Waals surface area contributed by atoms with Crippen LogP contribution in [0, 0.1) is 11.7 Å². The number of aromatic nitrogens is 1. The summed E-state index contributed by atoms with van der Waals surface area (Å²) in [5.41, 5.74) is 0.303. The molecule has 1 N–H and O–H groups in total. The summed E-state index contributed by atoms with van der Waals surface area (Å²) in [4.78, 5) is 16.2. The van der Waals surface area contributed by atoms with E-state index in [0.29, 0.717) is 37.6 Å². The van der Waals surface area contributed by atoms with Crippen LogP contribution in [0.1, 0.15) is 27.2 Å². The molecule has 1 aromatic carbocycles. The Labute approximate surface area is 180 Å². The third kappa shape index (κ3) is 6.31. The van der Waals surface area contributed by atoms with Gasteiger partial charge in [-0.25, -0.2) is 9.18 Å². The molecule has 0 saturated carbocycles. The first kappa shape index (κ1) is 22.3. The molecule has 30 heavy (non-hydrogen) atoms. The number of benzene rings is 1. The fourth-order valence-electron chi connectivity index (χ4n) is 3.15. The Balaban J connectivity index is 1.58. The van der Waals surface area contributed by atoms with Gasteiger partial charge < -0.3 is 19.5 Å². The van der Waals surface area contributed by atoms with Gasteiger partial charge in [-0.2, -0.15) is 0 Å². The van der Waals surface area contributed by atoms with Crippen LogP contribution in [-0.4, -0.2) is 42.5 Å². The molecule has 8 heteroatoms. The summed E-state index contributed by atoms with van der Waals surface area (Å²) in [5.74, 6) is 0.141. The van der Waals surface area contributed by atoms with Gasteiger partial charge in [-0.15, -0.1) is 0 Å². The predicted molar refractivity (Wildman–Crippen MR) is 112 cm³/mol. The van der Waals surface area contributed by atoms with E-state index in [2.05, 4.69) is 10.3 Å². The summed E-state index contributed by atoms with van der Waals surface area (Å²) in [7, 11) is 0. The number of hydrogen-bond acceptors (Lipinski definition) is 5. The lowest BCUT2D eigenvalue weighted by Crippen LogP contribution is -2.48. The molecule has 1 aliphatic rings. The van der Waals surface area contributed by atoms with Crippen LogP contribution in [0.2, 0.25) is 5.02 Å². The number of halogens is 2. The zero-order valence-corrected chi connectivity index (χ0v) is 18.0. The van der Waals surface area contributed by atoms with E-state index >= 15 is 0 Å². The maximum absolute atomic E-state index is 14.0. The molecular weight excluding hydrogens is 411 g/mol. The van der Waals surface area contributed by atoms with Gasteiger partial charge in [0.15, 0.2) is 5.82 Å². The van der Waals surface area contributed by atoms with Gasteiger partial charge in [-0.3, -0.25) is 4.98 Å². The van der Waals surface area contributed by atoms with E-state index in [-0.39, 0.29) is 22.7 Å². The van der Waals surface area contributed by atoms with E-state index in [4.69, 9.17) is 25.8 Å². The lowest BCUT2D eigenvalue weighted by molar-refractivity contribution is 0.00439. The van der Waals surface area contributed by atoms with Crippen molar-refractivity contribution in [2.24, 2.45) is 5.92 Å². The van der Waals surface area contributed by atoms with Crippen molar-refractivity contribution in [3.05, 3.63) is 47.4 Å². The van der Waals surface area contributed by atoms with Crippen LogP contribution in [0.4, 0.5) is 9.18 Å². The number of ether oxygens (including phenoxy) is 3. The number of rotatable bonds is 5. The summed E-state index contributed by atoms with van der Waals surface area (Å²) < 4.78 is 30.8. The lowest BCUT2D eigenvalue weighted by atomic mass is 9.97. The van der Waals surface area contributed by atoms with Crippen LogP contribution < -0.4 is 10.1 Å². The summed E-state index contributed by atoms with van der Waals surface area (Å²) in [6, 6.07) is 8.12. The van der Waals surface area contributed by atoms with Gasteiger partial charge in [0.05, 0.1) is 18.2 Å². The van der Waals surface area contributed by atoms with Crippen LogP contribution in [0.15, 0.2) is 36.5 Å². The monoisotopic (exact) mass is 436 g/mol. The topological polar surface area (TPSA) is 69.7 Å². The van der Waals surface area contributed by atoms with Crippen molar-refractivity contribution in [2.45, 2.75) is 38.8 Å². The summed E-state index contributed by atoms with van der Waals surface area (Å²) in [5, 5.41) is 3.17. The first-order valence-electron chi connectivity index (χ1n) is 9.83. The molecule has 162 valence electrons. The molecule has 0 aliphatic carbocycles. The number of hydrogen-bond donors (Lipinski definition) is 1. The van der Waals surface area contributed by atoms with Crippen molar-refractivity contribution in [3.63, 3.8) is 0 Å². The van der Waals surface area contributed by atoms with Crippen molar-refractivity contribution in [2.75, 3.05) is 19.8 Å². The molecular formula is C22H26ClFN2O4. The van der Waals surface area contributed by atoms with Crippen molar-refractivity contribution < 1.29 is 23.4 Å². The highest BCUT2D eigenvalue weighted by molar-refractivity contribution is 6.30. The smallest absolute Gasteiger partial charge is 0.407 e. The zero-order chi connectivity index (χ0) is 21.7. The zero-order valence-electron chi connectivity index (χ0n) is 17.3. The highest BCUT2D eigenvalue weighted by Gasteiger charge is 2.29. The van der Waals surface area contributed by atoms with Gasteiger partial charge in [0.25, 0.3) is 0 Å². The van der Waals surface area contributed by atoms with Gasteiger partial charge >= 0.3 is 6.09 Å². The minimum atomic E-state index is -0.554. The maximum Gasteiger partial charge on any atom is 0.407 e. The second-order valence-corrected chi connectivity index (χ2v) is 8.63. The minimum absolute atomic E-state index is 0.0127. The molecule has 2 unspecified atom stereocenters. The molecule has 1 aliphatic heterocycles. The van der Waals surface area contributed by atoms with Crippen LogP contribution in [0.5, 0.6) is 5.75 Å². The number of nitrogens with one attached hydrogen (secondary N) is 1. The Morgan fingerprint density at radius 3 is 2.73 bits per heavy atom. The van der Waals surface area contributed by atoms with Gasteiger partial charge in [-0.05, 0) is 57.5 Å². The predicted octanol–water partition coefficient (Wildman–Crippen LogP) is 4.85. The Morgan fingerprint density at radius 2 is 2.07 bits per heavy atom. The largest absolute Gasteiger partial charge is 0.493 e. The Hall–Kier alpha value is -2.38. The van der Waals surface area contributed by atoms with Crippen LogP contribution >= 0.6 is 11.6 Å². The fraction of sp³-hybridized carbons (Fsp3) is 0.455. The van der Waals surface area contributed by atoms with Gasteiger partial charge in [0, 0.05) is 30.3 Å². The first-order valence-corrected chi connectivity index (χ1v) is 10.2. The Bertz CT molecular complexity index is 870. The van der Waals surface area contributed by atoms with Gasteiger partial charge in [0.1, 0.15) is 17.0 Å². The SMILES string of the molecule is CC(C)(C)OC(=O)NC1CCOCC1COc1ccc(-c2ncc(Cl)cc2F)cc1. The second-order valence-electron chi connectivity index (χ2n) is 8.20. The van der Waals surface area contributed by atoms with Gasteiger partial charge in [-0.1, -0.05) is 11.6 Å². The molecule has 3 rings (SSSR count). The molecule has 2 heterocycles. The highest BCUT2D eigenvalue weighted by atomic mass is 35.5. The van der Waals surface area contributed by atoms with E-state index in [1.54, 1.807) is 24.3 Å². The van der Waals surface area contributed by atoms with E-state index in [1.165, 1.54) is 12.3 Å². The number of amides is 1. The standard InChI is InChI=1S/C22H26ClFN2O4/c1-22(2,3)30-21(27)26-19-8-9-28-12-15(19)13-29-17-6-4-14(5-7-17)20-18(24)10-16(23)11-25-20/h4-7,10-11,15,19H,8-9,12-13H2,1-3H3,(H,26,27). The Kier molecular flexibility index (Phi) is 7.15. The average Bonchev–Trinajstić information content (AvgIpc) is 2.66. The molecule has 1 fully saturated rings. The maximum atomic E-state index is 14.0. The quantitative estimate of drug-likeness (QED) is 0.725. The second kappa shape index (κ2) is 9.62. The normalized spacial score (nSPS) is 19.2. The fourth-order valence-corrected chi connectivity index (χ4v) is 3.29. The lowest BCUT2D eigenvalue weighted by Gasteiger charge is -2.32. The van der Waals surface area contributed by atoms with Crippen LogP contribution in [-0.2, 0) is 9.47 Å². The number of alkyl carbamates (subject to hydrolysis) is 1. The van der Waals surface area contributed by atoms with Crippen molar-refractivity contribution in [1.29, 1.82) is 0 Å². The molecule has 6 nitrogen and oxygen atoms in total. The number of carbonyl (C=O) groups excluding carboxylic acids is 1. The molecule has 0 radical (unpaired) electrons. The third-order valence-electron chi connectivity index (χ3n) is 4.58. The number of carbonyl (C=O) groups is 1. The molecule has 1 saturated heterocycles. The van der Waals surface area contributed by atoms with Crippen molar-refractivity contribution in [3.8, 4) is 17.0 Å². The molecule has 0 bridgehead atoms.